The highest BCUT2D eigenvalue weighted by Crippen LogP contribution is 2.49. The van der Waals surface area contributed by atoms with Crippen molar-refractivity contribution in [2.24, 2.45) is 5.41 Å². The van der Waals surface area contributed by atoms with Crippen molar-refractivity contribution in [1.29, 1.82) is 0 Å². The summed E-state index contributed by atoms with van der Waals surface area (Å²) in [4.78, 5) is 12.7. The Morgan fingerprint density at radius 1 is 1.29 bits per heavy atom. The van der Waals surface area contributed by atoms with Gasteiger partial charge >= 0.3 is 0 Å². The zero-order valence-corrected chi connectivity index (χ0v) is 13.3. The molecule has 1 heterocycles. The molecular weight excluding hydrogens is 284 g/mol. The van der Waals surface area contributed by atoms with E-state index in [0.29, 0.717) is 5.02 Å². The summed E-state index contributed by atoms with van der Waals surface area (Å²) in [5.74, 6) is 0.171. The van der Waals surface area contributed by atoms with Crippen LogP contribution >= 0.6 is 11.6 Å². The molecule has 3 nitrogen and oxygen atoms in total. The average Bonchev–Trinajstić information content (AvgIpc) is 3.27. The van der Waals surface area contributed by atoms with Gasteiger partial charge in [-0.05, 0) is 61.9 Å². The van der Waals surface area contributed by atoms with Crippen LogP contribution in [0.1, 0.15) is 38.2 Å². The summed E-state index contributed by atoms with van der Waals surface area (Å²) in [5, 5.41) is 7.28. The van der Waals surface area contributed by atoms with Crippen molar-refractivity contribution in [3.8, 4) is 0 Å². The van der Waals surface area contributed by atoms with Crippen LogP contribution in [0.3, 0.4) is 0 Å². The molecule has 1 aliphatic carbocycles. The molecule has 0 unspecified atom stereocenters. The van der Waals surface area contributed by atoms with Crippen LogP contribution < -0.4 is 10.6 Å². The highest BCUT2D eigenvalue weighted by molar-refractivity contribution is 6.30. The first-order valence-corrected chi connectivity index (χ1v) is 8.17. The van der Waals surface area contributed by atoms with Gasteiger partial charge in [-0.3, -0.25) is 4.79 Å². The lowest BCUT2D eigenvalue weighted by molar-refractivity contribution is -0.124. The van der Waals surface area contributed by atoms with Gasteiger partial charge in [0.05, 0.1) is 5.41 Å². The van der Waals surface area contributed by atoms with Gasteiger partial charge in [0.2, 0.25) is 5.91 Å². The molecule has 0 radical (unpaired) electrons. The first-order valence-electron chi connectivity index (χ1n) is 7.79. The minimum absolute atomic E-state index is 0.171. The highest BCUT2D eigenvalue weighted by atomic mass is 35.5. The molecule has 1 saturated heterocycles. The van der Waals surface area contributed by atoms with Crippen molar-refractivity contribution < 1.29 is 4.79 Å². The van der Waals surface area contributed by atoms with Gasteiger partial charge in [-0.15, -0.1) is 0 Å². The van der Waals surface area contributed by atoms with E-state index in [0.717, 1.165) is 50.9 Å². The quantitative estimate of drug-likeness (QED) is 0.898. The highest BCUT2D eigenvalue weighted by Gasteiger charge is 2.51. The van der Waals surface area contributed by atoms with Gasteiger partial charge in [-0.1, -0.05) is 30.7 Å². The second-order valence-electron chi connectivity index (χ2n) is 6.84. The molecule has 0 aromatic heterocycles. The van der Waals surface area contributed by atoms with Gasteiger partial charge in [0, 0.05) is 11.6 Å². The van der Waals surface area contributed by atoms with Gasteiger partial charge in [0.25, 0.3) is 0 Å². The van der Waals surface area contributed by atoms with Crippen molar-refractivity contribution in [3.63, 3.8) is 0 Å². The largest absolute Gasteiger partial charge is 0.355 e. The van der Waals surface area contributed by atoms with Gasteiger partial charge in [-0.2, -0.15) is 0 Å². The van der Waals surface area contributed by atoms with Crippen LogP contribution in [0.25, 0.3) is 0 Å². The molecule has 1 aromatic rings. The van der Waals surface area contributed by atoms with E-state index in [2.05, 4.69) is 17.6 Å². The van der Waals surface area contributed by atoms with Crippen LogP contribution in [0.5, 0.6) is 0 Å². The second kappa shape index (κ2) is 5.62. The predicted octanol–water partition coefficient (Wildman–Crippen LogP) is 2.88. The summed E-state index contributed by atoms with van der Waals surface area (Å²) in [6.07, 6.45) is 4.10. The number of piperidine rings is 1. The second-order valence-corrected chi connectivity index (χ2v) is 7.27. The van der Waals surface area contributed by atoms with E-state index in [1.165, 1.54) is 0 Å². The zero-order chi connectivity index (χ0) is 14.9. The van der Waals surface area contributed by atoms with E-state index >= 15 is 0 Å². The Balaban J connectivity index is 1.65. The Kier molecular flexibility index (Phi) is 3.98. The monoisotopic (exact) mass is 306 g/mol. The smallest absolute Gasteiger partial charge is 0.230 e. The normalized spacial score (nSPS) is 22.6. The Morgan fingerprint density at radius 3 is 2.62 bits per heavy atom. The SMILES string of the molecule is CC1(CNC(=O)C2(c3cccc(Cl)c3)CC2)CCNCC1. The molecule has 2 N–H and O–H groups in total. The van der Waals surface area contributed by atoms with Crippen LogP contribution in [-0.2, 0) is 10.2 Å². The molecule has 4 heteroatoms. The van der Waals surface area contributed by atoms with Crippen molar-refractivity contribution in [2.45, 2.75) is 38.0 Å². The third kappa shape index (κ3) is 3.09. The lowest BCUT2D eigenvalue weighted by Gasteiger charge is -2.34. The van der Waals surface area contributed by atoms with E-state index in [1.54, 1.807) is 0 Å². The Labute approximate surface area is 131 Å². The average molecular weight is 307 g/mol. The molecule has 3 rings (SSSR count). The van der Waals surface area contributed by atoms with E-state index in [9.17, 15) is 4.79 Å². The van der Waals surface area contributed by atoms with E-state index in [4.69, 9.17) is 11.6 Å². The minimum Gasteiger partial charge on any atom is -0.355 e. The van der Waals surface area contributed by atoms with Crippen LogP contribution in [0.4, 0.5) is 0 Å². The van der Waals surface area contributed by atoms with Crippen molar-refractivity contribution in [3.05, 3.63) is 34.9 Å². The number of hydrogen-bond acceptors (Lipinski definition) is 2. The molecular formula is C17H23ClN2O. The topological polar surface area (TPSA) is 41.1 Å². The summed E-state index contributed by atoms with van der Waals surface area (Å²) in [6, 6.07) is 7.74. The van der Waals surface area contributed by atoms with Crippen LogP contribution in [0.15, 0.2) is 24.3 Å². The maximum atomic E-state index is 12.7. The number of hydrogen-bond donors (Lipinski definition) is 2. The maximum absolute atomic E-state index is 12.7. The van der Waals surface area contributed by atoms with Crippen LogP contribution in [-0.4, -0.2) is 25.5 Å². The molecule has 21 heavy (non-hydrogen) atoms. The Bertz CT molecular complexity index is 533. The molecule has 1 aliphatic heterocycles. The number of carbonyl (C=O) groups is 1. The number of rotatable bonds is 4. The summed E-state index contributed by atoms with van der Waals surface area (Å²) < 4.78 is 0. The molecule has 114 valence electrons. The van der Waals surface area contributed by atoms with Gasteiger partial charge in [-0.25, -0.2) is 0 Å². The first-order chi connectivity index (χ1) is 10.0. The van der Waals surface area contributed by atoms with Crippen LogP contribution in [0.2, 0.25) is 5.02 Å². The molecule has 0 spiro atoms. The lowest BCUT2D eigenvalue weighted by atomic mass is 9.81. The van der Waals surface area contributed by atoms with Gasteiger partial charge in [0.15, 0.2) is 0 Å². The fraction of sp³-hybridized carbons (Fsp3) is 0.588. The van der Waals surface area contributed by atoms with Crippen molar-refractivity contribution in [1.82, 2.24) is 10.6 Å². The van der Waals surface area contributed by atoms with Crippen molar-refractivity contribution in [2.75, 3.05) is 19.6 Å². The molecule has 2 aliphatic rings. The number of carbonyl (C=O) groups excluding carboxylic acids is 1. The molecule has 1 aromatic carbocycles. The number of benzene rings is 1. The first kappa shape index (κ1) is 14.9. The Hall–Kier alpha value is -1.06. The Morgan fingerprint density at radius 2 is 2.00 bits per heavy atom. The summed E-state index contributed by atoms with van der Waals surface area (Å²) in [6.45, 7) is 5.14. The fourth-order valence-corrected chi connectivity index (χ4v) is 3.42. The molecule has 1 amide bonds. The third-order valence-electron chi connectivity index (χ3n) is 5.05. The molecule has 0 bridgehead atoms. The van der Waals surface area contributed by atoms with Gasteiger partial charge < -0.3 is 10.6 Å². The number of nitrogens with one attached hydrogen (secondary N) is 2. The van der Waals surface area contributed by atoms with Gasteiger partial charge in [0.1, 0.15) is 0 Å². The fourth-order valence-electron chi connectivity index (χ4n) is 3.23. The summed E-state index contributed by atoms with van der Waals surface area (Å²) >= 11 is 6.07. The molecule has 2 fully saturated rings. The van der Waals surface area contributed by atoms with E-state index < -0.39 is 0 Å². The zero-order valence-electron chi connectivity index (χ0n) is 12.5. The number of amides is 1. The molecule has 1 saturated carbocycles. The maximum Gasteiger partial charge on any atom is 0.230 e. The molecule has 0 atom stereocenters. The van der Waals surface area contributed by atoms with Crippen molar-refractivity contribution >= 4 is 17.5 Å². The van der Waals surface area contributed by atoms with Crippen LogP contribution in [0, 0.1) is 5.41 Å². The lowest BCUT2D eigenvalue weighted by Crippen LogP contribution is -2.45. The predicted molar refractivity (Wildman–Crippen MR) is 85.6 cm³/mol. The van der Waals surface area contributed by atoms with E-state index in [1.807, 2.05) is 24.3 Å². The summed E-state index contributed by atoms with van der Waals surface area (Å²) in [5.41, 5.74) is 0.961. The third-order valence-corrected chi connectivity index (χ3v) is 5.28. The summed E-state index contributed by atoms with van der Waals surface area (Å²) in [7, 11) is 0. The standard InChI is InChI=1S/C17H23ClN2O/c1-16(7-9-19-10-8-16)12-20-15(21)17(5-6-17)13-3-2-4-14(18)11-13/h2-4,11,19H,5-10,12H2,1H3,(H,20,21). The minimum atomic E-state index is -0.325. The van der Waals surface area contributed by atoms with E-state index in [-0.39, 0.29) is 16.7 Å². The number of halogens is 1.